The van der Waals surface area contributed by atoms with Gasteiger partial charge in [0.15, 0.2) is 0 Å². The van der Waals surface area contributed by atoms with Crippen LogP contribution in [0.3, 0.4) is 0 Å². The molecule has 0 spiro atoms. The zero-order chi connectivity index (χ0) is 11.3. The van der Waals surface area contributed by atoms with Gasteiger partial charge in [0, 0.05) is 13.1 Å². The molecule has 1 amide bonds. The van der Waals surface area contributed by atoms with Crippen LogP contribution in [0.1, 0.15) is 27.7 Å². The summed E-state index contributed by atoms with van der Waals surface area (Å²) in [6, 6.07) is 0. The summed E-state index contributed by atoms with van der Waals surface area (Å²) in [4.78, 5) is 23.2. The van der Waals surface area contributed by atoms with Crippen molar-refractivity contribution in [1.82, 2.24) is 4.90 Å². The van der Waals surface area contributed by atoms with Gasteiger partial charge >= 0.3 is 11.9 Å². The fourth-order valence-electron chi connectivity index (χ4n) is 1.26. The number of amides is 1. The first kappa shape index (κ1) is 12.9. The molecule has 0 aromatic rings. The number of nitrogens with zero attached hydrogens (tertiary/aromatic N) is 1. The average molecular weight is 201 g/mol. The van der Waals surface area contributed by atoms with Crippen LogP contribution >= 0.6 is 0 Å². The number of carboxylic acid groups (broad SMARTS) is 1. The van der Waals surface area contributed by atoms with Crippen LogP contribution < -0.4 is 0 Å². The van der Waals surface area contributed by atoms with Crippen LogP contribution in [0.25, 0.3) is 0 Å². The van der Waals surface area contributed by atoms with Gasteiger partial charge in [-0.15, -0.1) is 0 Å². The van der Waals surface area contributed by atoms with E-state index in [1.807, 2.05) is 27.7 Å². The minimum absolute atomic E-state index is 0.289. The van der Waals surface area contributed by atoms with Crippen molar-refractivity contribution < 1.29 is 14.7 Å². The van der Waals surface area contributed by atoms with Crippen LogP contribution in [0.4, 0.5) is 0 Å². The van der Waals surface area contributed by atoms with E-state index >= 15 is 0 Å². The molecule has 4 heteroatoms. The molecule has 0 radical (unpaired) electrons. The summed E-state index contributed by atoms with van der Waals surface area (Å²) in [5.41, 5.74) is 0. The molecule has 0 rings (SSSR count). The van der Waals surface area contributed by atoms with E-state index in [4.69, 9.17) is 5.11 Å². The van der Waals surface area contributed by atoms with Crippen molar-refractivity contribution in [2.24, 2.45) is 11.8 Å². The fraction of sp³-hybridized carbons (Fsp3) is 0.800. The molecule has 82 valence electrons. The maximum atomic E-state index is 11.2. The molecule has 0 aromatic carbocycles. The molecule has 0 aliphatic carbocycles. The number of carbonyl (C=O) groups excluding carboxylic acids is 1. The Bertz CT molecular complexity index is 201. The molecule has 0 unspecified atom stereocenters. The summed E-state index contributed by atoms with van der Waals surface area (Å²) in [7, 11) is 0. The van der Waals surface area contributed by atoms with Crippen molar-refractivity contribution in [3.8, 4) is 0 Å². The van der Waals surface area contributed by atoms with Gasteiger partial charge < -0.3 is 10.0 Å². The van der Waals surface area contributed by atoms with Crippen LogP contribution in [-0.4, -0.2) is 35.0 Å². The number of hydrogen-bond donors (Lipinski definition) is 1. The van der Waals surface area contributed by atoms with Gasteiger partial charge in [0.05, 0.1) is 0 Å². The highest BCUT2D eigenvalue weighted by atomic mass is 16.4. The second-order valence-electron chi connectivity index (χ2n) is 4.30. The Morgan fingerprint density at radius 3 is 1.64 bits per heavy atom. The van der Waals surface area contributed by atoms with E-state index in [1.54, 1.807) is 0 Å². The lowest BCUT2D eigenvalue weighted by atomic mass is 10.1. The van der Waals surface area contributed by atoms with Gasteiger partial charge in [0.2, 0.25) is 0 Å². The molecule has 0 atom stereocenters. The minimum atomic E-state index is -1.37. The molecule has 0 heterocycles. The predicted octanol–water partition coefficient (Wildman–Crippen LogP) is 1.21. The third-order valence-electron chi connectivity index (χ3n) is 1.64. The van der Waals surface area contributed by atoms with Crippen molar-refractivity contribution in [3.05, 3.63) is 0 Å². The predicted molar refractivity (Wildman–Crippen MR) is 53.9 cm³/mol. The molecule has 14 heavy (non-hydrogen) atoms. The second kappa shape index (κ2) is 5.62. The first-order valence-corrected chi connectivity index (χ1v) is 4.86. The maximum absolute atomic E-state index is 11.2. The fourth-order valence-corrected chi connectivity index (χ4v) is 1.26. The van der Waals surface area contributed by atoms with Gasteiger partial charge in [-0.3, -0.25) is 4.79 Å². The van der Waals surface area contributed by atoms with Crippen molar-refractivity contribution in [2.75, 3.05) is 13.1 Å². The van der Waals surface area contributed by atoms with Crippen LogP contribution in [0, 0.1) is 11.8 Å². The highest BCUT2D eigenvalue weighted by Gasteiger charge is 2.21. The number of rotatable bonds is 4. The molecule has 0 aromatic heterocycles. The van der Waals surface area contributed by atoms with Gasteiger partial charge in [0.1, 0.15) is 0 Å². The maximum Gasteiger partial charge on any atom is 0.394 e. The topological polar surface area (TPSA) is 57.6 Å². The summed E-state index contributed by atoms with van der Waals surface area (Å²) in [5.74, 6) is -1.59. The Kier molecular flexibility index (Phi) is 5.20. The molecular weight excluding hydrogens is 182 g/mol. The smallest absolute Gasteiger partial charge is 0.394 e. The Morgan fingerprint density at radius 1 is 1.07 bits per heavy atom. The largest absolute Gasteiger partial charge is 0.474 e. The zero-order valence-corrected chi connectivity index (χ0v) is 9.28. The summed E-state index contributed by atoms with van der Waals surface area (Å²) in [5, 5.41) is 8.59. The summed E-state index contributed by atoms with van der Waals surface area (Å²) < 4.78 is 0. The van der Waals surface area contributed by atoms with E-state index in [9.17, 15) is 9.59 Å². The van der Waals surface area contributed by atoms with Crippen molar-refractivity contribution >= 4 is 11.9 Å². The normalized spacial score (nSPS) is 10.7. The summed E-state index contributed by atoms with van der Waals surface area (Å²) in [6.45, 7) is 8.85. The second-order valence-corrected chi connectivity index (χ2v) is 4.30. The minimum Gasteiger partial charge on any atom is -0.474 e. The molecule has 0 bridgehead atoms. The van der Waals surface area contributed by atoms with Gasteiger partial charge in [-0.05, 0) is 11.8 Å². The van der Waals surface area contributed by atoms with Gasteiger partial charge in [-0.25, -0.2) is 4.79 Å². The Morgan fingerprint density at radius 2 is 1.43 bits per heavy atom. The third kappa shape index (κ3) is 4.84. The lowest BCUT2D eigenvalue weighted by Gasteiger charge is -2.24. The van der Waals surface area contributed by atoms with E-state index in [-0.39, 0.29) is 11.8 Å². The first-order valence-electron chi connectivity index (χ1n) is 4.86. The zero-order valence-electron chi connectivity index (χ0n) is 9.28. The van der Waals surface area contributed by atoms with Crippen LogP contribution in [0.5, 0.6) is 0 Å². The molecular formula is C10H19NO3. The van der Waals surface area contributed by atoms with E-state index in [2.05, 4.69) is 0 Å². The van der Waals surface area contributed by atoms with E-state index in [0.717, 1.165) is 0 Å². The number of hydrogen-bond acceptors (Lipinski definition) is 2. The summed E-state index contributed by atoms with van der Waals surface area (Å²) in [6.07, 6.45) is 0. The van der Waals surface area contributed by atoms with E-state index < -0.39 is 11.9 Å². The molecule has 1 N–H and O–H groups in total. The van der Waals surface area contributed by atoms with Crippen molar-refractivity contribution in [2.45, 2.75) is 27.7 Å². The average Bonchev–Trinajstić information content (AvgIpc) is 1.99. The van der Waals surface area contributed by atoms with Crippen LogP contribution in [0.2, 0.25) is 0 Å². The quantitative estimate of drug-likeness (QED) is 0.695. The Hall–Kier alpha value is -1.06. The van der Waals surface area contributed by atoms with Crippen molar-refractivity contribution in [3.63, 3.8) is 0 Å². The lowest BCUT2D eigenvalue weighted by molar-refractivity contribution is -0.156. The standard InChI is InChI=1S/C10H19NO3/c1-7(2)5-11(6-8(3)4)9(12)10(13)14/h7-8H,5-6H2,1-4H3,(H,13,14). The van der Waals surface area contributed by atoms with Crippen molar-refractivity contribution in [1.29, 1.82) is 0 Å². The Balaban J connectivity index is 4.38. The van der Waals surface area contributed by atoms with Crippen LogP contribution in [-0.2, 0) is 9.59 Å². The van der Waals surface area contributed by atoms with E-state index in [0.29, 0.717) is 13.1 Å². The van der Waals surface area contributed by atoms with E-state index in [1.165, 1.54) is 4.90 Å². The van der Waals surface area contributed by atoms with Gasteiger partial charge in [-0.1, -0.05) is 27.7 Å². The third-order valence-corrected chi connectivity index (χ3v) is 1.64. The Labute approximate surface area is 84.9 Å². The highest BCUT2D eigenvalue weighted by molar-refractivity contribution is 6.31. The molecule has 0 fully saturated rings. The first-order chi connectivity index (χ1) is 6.34. The molecule has 4 nitrogen and oxygen atoms in total. The molecule has 0 saturated carbocycles. The molecule has 0 aliphatic rings. The highest BCUT2D eigenvalue weighted by Crippen LogP contribution is 2.04. The van der Waals surface area contributed by atoms with Gasteiger partial charge in [-0.2, -0.15) is 0 Å². The molecule has 0 aliphatic heterocycles. The van der Waals surface area contributed by atoms with Crippen LogP contribution in [0.15, 0.2) is 0 Å². The summed E-state index contributed by atoms with van der Waals surface area (Å²) >= 11 is 0. The number of aliphatic carboxylic acids is 1. The monoisotopic (exact) mass is 201 g/mol. The molecule has 0 saturated heterocycles. The number of carboxylic acids is 1. The number of carbonyl (C=O) groups is 2. The van der Waals surface area contributed by atoms with Gasteiger partial charge in [0.25, 0.3) is 0 Å². The SMILES string of the molecule is CC(C)CN(CC(C)C)C(=O)C(=O)O. The lowest BCUT2D eigenvalue weighted by Crippen LogP contribution is -2.41.